The molecule has 0 aliphatic carbocycles. The Morgan fingerprint density at radius 2 is 1.97 bits per heavy atom. The normalized spacial score (nSPS) is 10.6. The second kappa shape index (κ2) is 9.28. The van der Waals surface area contributed by atoms with Crippen molar-refractivity contribution in [3.8, 4) is 16.3 Å². The van der Waals surface area contributed by atoms with Crippen molar-refractivity contribution in [2.75, 3.05) is 12.0 Å². The lowest BCUT2D eigenvalue weighted by Gasteiger charge is -2.22. The summed E-state index contributed by atoms with van der Waals surface area (Å²) in [6.07, 6.45) is -0.787. The van der Waals surface area contributed by atoms with Gasteiger partial charge in [-0.2, -0.15) is 0 Å². The van der Waals surface area contributed by atoms with E-state index in [1.54, 1.807) is 29.5 Å². The predicted molar refractivity (Wildman–Crippen MR) is 118 cm³/mol. The molecule has 0 saturated heterocycles. The van der Waals surface area contributed by atoms with Crippen LogP contribution >= 0.6 is 22.9 Å². The molecule has 0 radical (unpaired) electrons. The van der Waals surface area contributed by atoms with Crippen LogP contribution in [0, 0.1) is 13.8 Å². The number of thiazole rings is 1. The largest absolute Gasteiger partial charge is 0.488 e. The topological polar surface area (TPSA) is 68.7 Å². The highest BCUT2D eigenvalue weighted by Gasteiger charge is 2.25. The third-order valence-electron chi connectivity index (χ3n) is 4.42. The van der Waals surface area contributed by atoms with Gasteiger partial charge in [0.15, 0.2) is 0 Å². The molecule has 0 aliphatic rings. The molecule has 3 aromatic rings. The number of carbonyl (C=O) groups excluding carboxylic acids is 2. The number of ether oxygens (including phenoxy) is 2. The van der Waals surface area contributed by atoms with Gasteiger partial charge >= 0.3 is 6.09 Å². The van der Waals surface area contributed by atoms with Crippen molar-refractivity contribution in [1.82, 2.24) is 4.98 Å². The van der Waals surface area contributed by atoms with Crippen molar-refractivity contribution in [3.05, 3.63) is 63.6 Å². The van der Waals surface area contributed by atoms with Crippen LogP contribution in [0.4, 0.5) is 10.5 Å². The molecule has 1 heterocycles. The number of nitrogens with zero attached hydrogens (tertiary/aromatic N) is 2. The highest BCUT2D eigenvalue weighted by molar-refractivity contribution is 7.13. The molecule has 0 aliphatic heterocycles. The monoisotopic (exact) mass is 444 g/mol. The zero-order chi connectivity index (χ0) is 21.8. The number of aromatic nitrogens is 1. The number of imide groups is 1. The average molecular weight is 445 g/mol. The molecule has 0 bridgehead atoms. The van der Waals surface area contributed by atoms with E-state index in [2.05, 4.69) is 4.98 Å². The van der Waals surface area contributed by atoms with Crippen LogP contribution in [0.3, 0.4) is 0 Å². The van der Waals surface area contributed by atoms with Crippen molar-refractivity contribution in [1.29, 1.82) is 0 Å². The Morgan fingerprint density at radius 1 is 1.20 bits per heavy atom. The fourth-order valence-corrected chi connectivity index (χ4v) is 3.99. The van der Waals surface area contributed by atoms with E-state index in [-0.39, 0.29) is 6.61 Å². The van der Waals surface area contributed by atoms with Crippen LogP contribution in [0.1, 0.15) is 23.7 Å². The van der Waals surface area contributed by atoms with Gasteiger partial charge in [0.1, 0.15) is 17.4 Å². The minimum absolute atomic E-state index is 0.0757. The molecule has 8 heteroatoms. The number of benzene rings is 2. The van der Waals surface area contributed by atoms with E-state index in [1.165, 1.54) is 14.0 Å². The molecule has 0 N–H and O–H groups in total. The van der Waals surface area contributed by atoms with Crippen molar-refractivity contribution in [2.45, 2.75) is 27.4 Å². The quantitative estimate of drug-likeness (QED) is 0.499. The number of methoxy groups -OCH3 is 1. The van der Waals surface area contributed by atoms with E-state index < -0.39 is 12.0 Å². The number of hydrogen-bond donors (Lipinski definition) is 0. The third-order valence-corrected chi connectivity index (χ3v) is 5.78. The molecule has 0 spiro atoms. The fraction of sp³-hybridized carbons (Fsp3) is 0.227. The highest BCUT2D eigenvalue weighted by Crippen LogP contribution is 2.32. The minimum Gasteiger partial charge on any atom is -0.488 e. The molecule has 2 amide bonds. The summed E-state index contributed by atoms with van der Waals surface area (Å²) in [4.78, 5) is 29.6. The Kier molecular flexibility index (Phi) is 6.74. The smallest absolute Gasteiger partial charge is 0.420 e. The number of carbonyl (C=O) groups is 2. The molecule has 156 valence electrons. The lowest BCUT2D eigenvalue weighted by molar-refractivity contribution is -0.116. The Bertz CT molecular complexity index is 1100. The van der Waals surface area contributed by atoms with Gasteiger partial charge < -0.3 is 9.47 Å². The van der Waals surface area contributed by atoms with Gasteiger partial charge in [-0.05, 0) is 49.7 Å². The molecule has 2 aromatic carbocycles. The molecule has 3 rings (SSSR count). The van der Waals surface area contributed by atoms with E-state index in [9.17, 15) is 9.59 Å². The van der Waals surface area contributed by atoms with Gasteiger partial charge in [0, 0.05) is 34.1 Å². The maximum atomic E-state index is 12.1. The summed E-state index contributed by atoms with van der Waals surface area (Å²) in [5.74, 6) is 0.190. The van der Waals surface area contributed by atoms with E-state index in [4.69, 9.17) is 21.1 Å². The SMILES string of the molecule is COC(=O)N(C(C)=O)c1cccc(Cl)c1COc1ccc(-c2nc(C)cs2)cc1C. The summed E-state index contributed by atoms with van der Waals surface area (Å²) < 4.78 is 10.7. The van der Waals surface area contributed by atoms with Gasteiger partial charge in [-0.1, -0.05) is 17.7 Å². The average Bonchev–Trinajstić information content (AvgIpc) is 3.14. The molecule has 0 atom stereocenters. The number of anilines is 1. The first kappa shape index (κ1) is 21.8. The molecule has 0 saturated carbocycles. The minimum atomic E-state index is -0.787. The van der Waals surface area contributed by atoms with Gasteiger partial charge in [-0.15, -0.1) is 11.3 Å². The number of halogens is 1. The Hall–Kier alpha value is -2.90. The van der Waals surface area contributed by atoms with Gasteiger partial charge in [0.25, 0.3) is 0 Å². The molecular weight excluding hydrogens is 424 g/mol. The molecule has 0 fully saturated rings. The second-order valence-corrected chi connectivity index (χ2v) is 7.89. The van der Waals surface area contributed by atoms with Crippen LogP contribution in [-0.2, 0) is 16.1 Å². The van der Waals surface area contributed by atoms with Crippen LogP contribution in [0.5, 0.6) is 5.75 Å². The summed E-state index contributed by atoms with van der Waals surface area (Å²) in [5, 5.41) is 3.34. The Balaban J connectivity index is 1.87. The molecular formula is C22H21ClN2O4S. The number of aryl methyl sites for hydroxylation is 2. The first-order valence-corrected chi connectivity index (χ1v) is 10.4. The summed E-state index contributed by atoms with van der Waals surface area (Å²) in [6, 6.07) is 10.8. The molecule has 0 unspecified atom stereocenters. The number of amides is 2. The van der Waals surface area contributed by atoms with Gasteiger partial charge in [0.2, 0.25) is 5.91 Å². The van der Waals surface area contributed by atoms with Crippen molar-refractivity contribution < 1.29 is 19.1 Å². The molecule has 30 heavy (non-hydrogen) atoms. The van der Waals surface area contributed by atoms with Crippen LogP contribution < -0.4 is 9.64 Å². The van der Waals surface area contributed by atoms with Crippen LogP contribution in [-0.4, -0.2) is 24.1 Å². The lowest BCUT2D eigenvalue weighted by Crippen LogP contribution is -2.36. The standard InChI is InChI=1S/C22H21ClN2O4S/c1-13-10-16(21-24-14(2)12-30-21)8-9-20(13)29-11-17-18(23)6-5-7-19(17)25(15(3)26)22(27)28-4/h5-10,12H,11H2,1-4H3. The summed E-state index contributed by atoms with van der Waals surface area (Å²) in [7, 11) is 1.22. The van der Waals surface area contributed by atoms with Gasteiger partial charge in [0.05, 0.1) is 12.8 Å². The second-order valence-electron chi connectivity index (χ2n) is 6.62. The summed E-state index contributed by atoms with van der Waals surface area (Å²) >= 11 is 7.95. The van der Waals surface area contributed by atoms with Crippen molar-refractivity contribution >= 4 is 40.6 Å². The zero-order valence-electron chi connectivity index (χ0n) is 17.1. The van der Waals surface area contributed by atoms with Gasteiger partial charge in [-0.25, -0.2) is 14.7 Å². The van der Waals surface area contributed by atoms with E-state index in [0.717, 1.165) is 26.7 Å². The summed E-state index contributed by atoms with van der Waals surface area (Å²) in [6.45, 7) is 5.27. The third kappa shape index (κ3) is 4.63. The van der Waals surface area contributed by atoms with E-state index >= 15 is 0 Å². The van der Waals surface area contributed by atoms with Crippen LogP contribution in [0.15, 0.2) is 41.8 Å². The zero-order valence-corrected chi connectivity index (χ0v) is 18.6. The Morgan fingerprint density at radius 3 is 2.57 bits per heavy atom. The molecule has 1 aromatic heterocycles. The number of hydrogen-bond acceptors (Lipinski definition) is 6. The highest BCUT2D eigenvalue weighted by atomic mass is 35.5. The fourth-order valence-electron chi connectivity index (χ4n) is 2.97. The van der Waals surface area contributed by atoms with Gasteiger partial charge in [-0.3, -0.25) is 4.79 Å². The predicted octanol–water partition coefficient (Wildman–Crippen LogP) is 5.78. The number of rotatable bonds is 5. The molecule has 6 nitrogen and oxygen atoms in total. The maximum absolute atomic E-state index is 12.1. The first-order valence-electron chi connectivity index (χ1n) is 9.13. The van der Waals surface area contributed by atoms with Crippen molar-refractivity contribution in [2.24, 2.45) is 0 Å². The van der Waals surface area contributed by atoms with Crippen molar-refractivity contribution in [3.63, 3.8) is 0 Å². The van der Waals surface area contributed by atoms with E-state index in [1.807, 2.05) is 37.4 Å². The van der Waals surface area contributed by atoms with Crippen LogP contribution in [0.2, 0.25) is 5.02 Å². The van der Waals surface area contributed by atoms with E-state index in [0.29, 0.717) is 22.0 Å². The van der Waals surface area contributed by atoms with Crippen LogP contribution in [0.25, 0.3) is 10.6 Å². The maximum Gasteiger partial charge on any atom is 0.420 e. The lowest BCUT2D eigenvalue weighted by atomic mass is 10.1. The Labute approximate surface area is 184 Å². The summed E-state index contributed by atoms with van der Waals surface area (Å²) in [5.41, 5.74) is 3.78. The first-order chi connectivity index (χ1) is 14.3.